The van der Waals surface area contributed by atoms with Gasteiger partial charge in [0.15, 0.2) is 0 Å². The number of thioether (sulfide) groups is 1. The molecule has 3 aromatic carbocycles. The lowest BCUT2D eigenvalue weighted by Crippen LogP contribution is -2.32. The Balaban J connectivity index is 1.73. The van der Waals surface area contributed by atoms with Gasteiger partial charge in [0.25, 0.3) is 5.56 Å². The van der Waals surface area contributed by atoms with Crippen LogP contribution in [0.2, 0.25) is 0 Å². The summed E-state index contributed by atoms with van der Waals surface area (Å²) >= 11 is 1.69. The van der Waals surface area contributed by atoms with E-state index in [4.69, 9.17) is 4.99 Å². The molecule has 0 fully saturated rings. The second-order valence-corrected chi connectivity index (χ2v) is 8.67. The van der Waals surface area contributed by atoms with Crippen LogP contribution in [0.5, 0.6) is 5.88 Å². The summed E-state index contributed by atoms with van der Waals surface area (Å²) in [5.41, 5.74) is 1.04. The molecule has 0 bridgehead atoms. The number of fused-ring (bicyclic) bond motifs is 2. The van der Waals surface area contributed by atoms with Crippen molar-refractivity contribution in [3.8, 4) is 5.88 Å². The van der Waals surface area contributed by atoms with Gasteiger partial charge >= 0.3 is 5.69 Å². The van der Waals surface area contributed by atoms with Crippen LogP contribution in [0.4, 0.5) is 5.69 Å². The number of benzene rings is 3. The van der Waals surface area contributed by atoms with Crippen LogP contribution in [0.15, 0.2) is 86.2 Å². The molecule has 0 radical (unpaired) electrons. The minimum Gasteiger partial charge on any atom is -0.494 e. The molecule has 1 aliphatic heterocycles. The van der Waals surface area contributed by atoms with E-state index in [1.54, 1.807) is 11.8 Å². The third kappa shape index (κ3) is 3.37. The number of aromatic nitrogens is 2. The topological polar surface area (TPSA) is 87.4 Å². The normalized spacial score (nSPS) is 15.9. The van der Waals surface area contributed by atoms with Crippen molar-refractivity contribution in [3.63, 3.8) is 0 Å². The van der Waals surface area contributed by atoms with E-state index in [2.05, 4.69) is 29.2 Å². The van der Waals surface area contributed by atoms with E-state index in [1.807, 2.05) is 42.5 Å². The molecule has 1 atom stereocenters. The second kappa shape index (κ2) is 7.59. The van der Waals surface area contributed by atoms with Crippen molar-refractivity contribution in [1.29, 1.82) is 0 Å². The number of nitrogens with one attached hydrogen (secondary N) is 1. The number of rotatable bonds is 2. The maximum atomic E-state index is 12.7. The van der Waals surface area contributed by atoms with Gasteiger partial charge in [0.05, 0.1) is 11.4 Å². The van der Waals surface area contributed by atoms with Gasteiger partial charge in [-0.2, -0.15) is 0 Å². The third-order valence-corrected chi connectivity index (χ3v) is 6.83. The first kappa shape index (κ1) is 19.4. The molecular weight excluding hydrogens is 410 g/mol. The Morgan fingerprint density at radius 3 is 2.65 bits per heavy atom. The highest BCUT2D eigenvalue weighted by atomic mass is 32.2. The Morgan fingerprint density at radius 1 is 1.03 bits per heavy atom. The molecule has 31 heavy (non-hydrogen) atoms. The number of H-pyrrole nitrogens is 1. The predicted octanol–water partition coefficient (Wildman–Crippen LogP) is 4.29. The maximum Gasteiger partial charge on any atom is 0.330 e. The van der Waals surface area contributed by atoms with Gasteiger partial charge < -0.3 is 5.11 Å². The van der Waals surface area contributed by atoms with E-state index in [9.17, 15) is 14.7 Å². The fraction of sp³-hybridized carbons (Fsp3) is 0.125. The standard InChI is InChI=1S/C24H19N3O3S/c1-27-23(29)21(22(28)26-24(27)30)18-13-20(31-19-12-5-4-11-17(19)25-18)16-10-6-8-14-7-2-3-9-15(14)16/h2-12,20,29H,13H2,1H3,(H,26,28,30)/t20-/m0/s1. The lowest BCUT2D eigenvalue weighted by atomic mass is 9.97. The molecule has 0 aliphatic carbocycles. The second-order valence-electron chi connectivity index (χ2n) is 7.42. The summed E-state index contributed by atoms with van der Waals surface area (Å²) in [4.78, 5) is 32.6. The van der Waals surface area contributed by atoms with Crippen LogP contribution in [0, 0.1) is 0 Å². The summed E-state index contributed by atoms with van der Waals surface area (Å²) in [5.74, 6) is -0.381. The van der Waals surface area contributed by atoms with Crippen molar-refractivity contribution in [2.75, 3.05) is 0 Å². The summed E-state index contributed by atoms with van der Waals surface area (Å²) in [6.45, 7) is 0. The number of para-hydroxylation sites is 1. The molecule has 2 N–H and O–H groups in total. The van der Waals surface area contributed by atoms with Gasteiger partial charge in [-0.1, -0.05) is 54.6 Å². The highest BCUT2D eigenvalue weighted by Crippen LogP contribution is 2.47. The van der Waals surface area contributed by atoms with Crippen LogP contribution in [0.25, 0.3) is 10.8 Å². The van der Waals surface area contributed by atoms with Crippen LogP contribution >= 0.6 is 11.8 Å². The smallest absolute Gasteiger partial charge is 0.330 e. The van der Waals surface area contributed by atoms with Crippen LogP contribution in [0.3, 0.4) is 0 Å². The highest BCUT2D eigenvalue weighted by Gasteiger charge is 2.27. The lowest BCUT2D eigenvalue weighted by molar-refractivity contribution is 0.416. The quantitative estimate of drug-likeness (QED) is 0.498. The first-order chi connectivity index (χ1) is 15.0. The molecule has 0 saturated heterocycles. The molecule has 0 saturated carbocycles. The Labute approximate surface area is 181 Å². The van der Waals surface area contributed by atoms with E-state index in [1.165, 1.54) is 7.05 Å². The van der Waals surface area contributed by atoms with E-state index in [0.717, 1.165) is 31.5 Å². The summed E-state index contributed by atoms with van der Waals surface area (Å²) in [7, 11) is 1.42. The Hall–Kier alpha value is -3.58. The number of nitrogens with zero attached hydrogens (tertiary/aromatic N) is 2. The minimum absolute atomic E-state index is 0.0321. The average Bonchev–Trinajstić information content (AvgIpc) is 2.96. The zero-order valence-corrected chi connectivity index (χ0v) is 17.5. The number of aromatic hydroxyl groups is 1. The molecule has 7 heteroatoms. The van der Waals surface area contributed by atoms with Gasteiger partial charge in [-0.05, 0) is 28.5 Å². The van der Waals surface area contributed by atoms with Crippen molar-refractivity contribution in [2.24, 2.45) is 12.0 Å². The zero-order chi connectivity index (χ0) is 21.5. The van der Waals surface area contributed by atoms with Crippen LogP contribution in [0.1, 0.15) is 22.8 Å². The lowest BCUT2D eigenvalue weighted by Gasteiger charge is -2.18. The van der Waals surface area contributed by atoms with Gasteiger partial charge in [0, 0.05) is 23.6 Å². The van der Waals surface area contributed by atoms with Crippen molar-refractivity contribution < 1.29 is 5.11 Å². The molecular formula is C24H19N3O3S. The molecule has 0 spiro atoms. The highest BCUT2D eigenvalue weighted by molar-refractivity contribution is 7.99. The van der Waals surface area contributed by atoms with Crippen LogP contribution in [-0.2, 0) is 7.05 Å². The molecule has 4 aromatic rings. The third-order valence-electron chi connectivity index (χ3n) is 5.52. The average molecular weight is 430 g/mol. The fourth-order valence-electron chi connectivity index (χ4n) is 3.94. The van der Waals surface area contributed by atoms with Crippen LogP contribution in [-0.4, -0.2) is 20.4 Å². The number of hydrogen-bond acceptors (Lipinski definition) is 5. The minimum atomic E-state index is -0.666. The molecule has 1 aromatic heterocycles. The maximum absolute atomic E-state index is 12.7. The van der Waals surface area contributed by atoms with Gasteiger partial charge in [-0.25, -0.2) is 4.79 Å². The van der Waals surface area contributed by atoms with Gasteiger partial charge in [-0.15, -0.1) is 11.8 Å². The molecule has 0 unspecified atom stereocenters. The number of hydrogen-bond donors (Lipinski definition) is 2. The molecule has 2 heterocycles. The van der Waals surface area contributed by atoms with Gasteiger partial charge in [0.2, 0.25) is 5.88 Å². The van der Waals surface area contributed by atoms with Gasteiger partial charge in [-0.3, -0.25) is 19.3 Å². The first-order valence-electron chi connectivity index (χ1n) is 9.86. The van der Waals surface area contributed by atoms with Crippen LogP contribution < -0.4 is 11.2 Å². The van der Waals surface area contributed by atoms with E-state index in [0.29, 0.717) is 12.1 Å². The Bertz CT molecular complexity index is 1460. The zero-order valence-electron chi connectivity index (χ0n) is 16.7. The largest absolute Gasteiger partial charge is 0.494 e. The summed E-state index contributed by atoms with van der Waals surface area (Å²) in [6.07, 6.45) is 0.419. The molecule has 0 amide bonds. The molecule has 6 nitrogen and oxygen atoms in total. The molecule has 1 aliphatic rings. The van der Waals surface area contributed by atoms with E-state index < -0.39 is 11.2 Å². The Kier molecular flexibility index (Phi) is 4.75. The first-order valence-corrected chi connectivity index (χ1v) is 10.7. The summed E-state index contributed by atoms with van der Waals surface area (Å²) in [6, 6.07) is 22.1. The Morgan fingerprint density at radius 2 is 1.77 bits per heavy atom. The van der Waals surface area contributed by atoms with Crippen molar-refractivity contribution in [1.82, 2.24) is 9.55 Å². The SMILES string of the molecule is Cn1c(O)c(C2=Nc3ccccc3S[C@H](c3cccc4ccccc34)C2)c(=O)[nH]c1=O. The molecule has 154 valence electrons. The van der Waals surface area contributed by atoms with Crippen molar-refractivity contribution in [2.45, 2.75) is 16.6 Å². The molecule has 5 rings (SSSR count). The van der Waals surface area contributed by atoms with Crippen molar-refractivity contribution in [3.05, 3.63) is 98.7 Å². The van der Waals surface area contributed by atoms with Crippen molar-refractivity contribution >= 4 is 33.9 Å². The predicted molar refractivity (Wildman–Crippen MR) is 124 cm³/mol. The van der Waals surface area contributed by atoms with Gasteiger partial charge in [0.1, 0.15) is 5.56 Å². The number of aromatic amines is 1. The van der Waals surface area contributed by atoms with E-state index >= 15 is 0 Å². The fourth-order valence-corrected chi connectivity index (χ4v) is 5.21. The monoisotopic (exact) mass is 429 g/mol. The van der Waals surface area contributed by atoms with E-state index in [-0.39, 0.29) is 16.7 Å². The number of aliphatic imine (C=N–C) groups is 1. The summed E-state index contributed by atoms with van der Waals surface area (Å²) in [5, 5.41) is 12.9. The summed E-state index contributed by atoms with van der Waals surface area (Å²) < 4.78 is 1.02.